The van der Waals surface area contributed by atoms with Gasteiger partial charge in [-0.05, 0) is 79.4 Å². The zero-order valence-corrected chi connectivity index (χ0v) is 23.7. The van der Waals surface area contributed by atoms with Crippen molar-refractivity contribution in [3.8, 4) is 0 Å². The number of nitrogens with zero attached hydrogens (tertiary/aromatic N) is 1. The van der Waals surface area contributed by atoms with Crippen LogP contribution >= 0.6 is 23.2 Å². The molecule has 206 valence electrons. The van der Waals surface area contributed by atoms with E-state index in [0.29, 0.717) is 53.1 Å². The van der Waals surface area contributed by atoms with Crippen LogP contribution in [-0.4, -0.2) is 38.6 Å². The summed E-state index contributed by atoms with van der Waals surface area (Å²) in [5.41, 5.74) is 3.42. The second-order valence-electron chi connectivity index (χ2n) is 8.95. The molecule has 3 aromatic rings. The van der Waals surface area contributed by atoms with Crippen molar-refractivity contribution in [2.75, 3.05) is 23.2 Å². The molecule has 0 radical (unpaired) electrons. The first kappa shape index (κ1) is 28.5. The van der Waals surface area contributed by atoms with Gasteiger partial charge in [-0.2, -0.15) is 0 Å². The van der Waals surface area contributed by atoms with Crippen molar-refractivity contribution in [3.63, 3.8) is 0 Å². The van der Waals surface area contributed by atoms with Gasteiger partial charge in [-0.3, -0.25) is 4.72 Å². The van der Waals surface area contributed by atoms with Crippen molar-refractivity contribution in [3.05, 3.63) is 87.4 Å². The van der Waals surface area contributed by atoms with Gasteiger partial charge < -0.3 is 20.3 Å². The molecule has 1 atom stereocenters. The Morgan fingerprint density at radius 1 is 1.03 bits per heavy atom. The number of hydrogen-bond acceptors (Lipinski definition) is 5. The van der Waals surface area contributed by atoms with Crippen LogP contribution in [0.4, 0.5) is 21.0 Å². The van der Waals surface area contributed by atoms with Gasteiger partial charge in [0, 0.05) is 24.5 Å². The molecule has 0 aliphatic carbocycles. The molecule has 9 nitrogen and oxygen atoms in total. The fourth-order valence-corrected chi connectivity index (χ4v) is 5.74. The van der Waals surface area contributed by atoms with Crippen LogP contribution in [0.5, 0.6) is 0 Å². The Balaban J connectivity index is 1.37. The van der Waals surface area contributed by atoms with E-state index in [2.05, 4.69) is 15.4 Å². The van der Waals surface area contributed by atoms with E-state index in [1.807, 2.05) is 6.07 Å². The molecule has 39 heavy (non-hydrogen) atoms. The van der Waals surface area contributed by atoms with E-state index in [1.54, 1.807) is 49.1 Å². The summed E-state index contributed by atoms with van der Waals surface area (Å²) in [7, 11) is -3.87. The molecule has 1 aliphatic heterocycles. The van der Waals surface area contributed by atoms with Gasteiger partial charge in [-0.1, -0.05) is 41.4 Å². The highest BCUT2D eigenvalue weighted by molar-refractivity contribution is 7.92. The average molecular weight is 592 g/mol. The van der Waals surface area contributed by atoms with Crippen LogP contribution in [0.15, 0.2) is 65.6 Å². The molecule has 0 bridgehead atoms. The minimum atomic E-state index is -3.87. The third kappa shape index (κ3) is 6.95. The fraction of sp³-hybridized carbons (Fsp3) is 0.259. The molecule has 12 heteroatoms. The van der Waals surface area contributed by atoms with Gasteiger partial charge >= 0.3 is 12.1 Å². The fourth-order valence-electron chi connectivity index (χ4n) is 4.22. The number of amides is 3. The molecular weight excluding hydrogens is 563 g/mol. The van der Waals surface area contributed by atoms with Gasteiger partial charge in [0.1, 0.15) is 0 Å². The molecule has 3 N–H and O–H groups in total. The molecule has 1 aliphatic rings. The smallest absolute Gasteiger partial charge is 0.410 e. The van der Waals surface area contributed by atoms with Crippen LogP contribution in [0.3, 0.4) is 0 Å². The van der Waals surface area contributed by atoms with E-state index in [1.165, 1.54) is 24.3 Å². The van der Waals surface area contributed by atoms with Gasteiger partial charge in [-0.25, -0.2) is 18.0 Å². The van der Waals surface area contributed by atoms with E-state index in [9.17, 15) is 18.0 Å². The van der Waals surface area contributed by atoms with Gasteiger partial charge in [0.25, 0.3) is 10.0 Å². The summed E-state index contributed by atoms with van der Waals surface area (Å²) in [5.74, 6) is 0. The minimum absolute atomic E-state index is 0.0405. The minimum Gasteiger partial charge on any atom is -0.450 e. The van der Waals surface area contributed by atoms with Crippen LogP contribution in [0.1, 0.15) is 36.6 Å². The summed E-state index contributed by atoms with van der Waals surface area (Å²) >= 11 is 12.3. The lowest BCUT2D eigenvalue weighted by Crippen LogP contribution is -2.36. The van der Waals surface area contributed by atoms with E-state index < -0.39 is 22.1 Å². The Kier molecular flexibility index (Phi) is 8.89. The number of rotatable bonds is 7. The second kappa shape index (κ2) is 12.1. The lowest BCUT2D eigenvalue weighted by Gasteiger charge is -2.28. The molecule has 0 spiro atoms. The van der Waals surface area contributed by atoms with Gasteiger partial charge in [0.15, 0.2) is 0 Å². The number of nitrogens with one attached hydrogen (secondary N) is 3. The largest absolute Gasteiger partial charge is 0.450 e. The third-order valence-corrected chi connectivity index (χ3v) is 8.45. The molecule has 0 fully saturated rings. The number of halogens is 2. The molecule has 0 saturated carbocycles. The summed E-state index contributed by atoms with van der Waals surface area (Å²) < 4.78 is 33.6. The van der Waals surface area contributed by atoms with Crippen molar-refractivity contribution >= 4 is 56.7 Å². The number of urea groups is 1. The summed E-state index contributed by atoms with van der Waals surface area (Å²) in [6.07, 6.45) is 0.234. The summed E-state index contributed by atoms with van der Waals surface area (Å²) in [5, 5.41) is 6.22. The monoisotopic (exact) mass is 590 g/mol. The van der Waals surface area contributed by atoms with Crippen LogP contribution < -0.4 is 15.4 Å². The summed E-state index contributed by atoms with van der Waals surface area (Å²) in [6, 6.07) is 15.4. The predicted molar refractivity (Wildman–Crippen MR) is 152 cm³/mol. The number of fused-ring (bicyclic) bond motifs is 1. The highest BCUT2D eigenvalue weighted by Crippen LogP contribution is 2.30. The van der Waals surface area contributed by atoms with Crippen molar-refractivity contribution < 1.29 is 22.7 Å². The zero-order chi connectivity index (χ0) is 28.2. The maximum absolute atomic E-state index is 13.0. The van der Waals surface area contributed by atoms with E-state index in [4.69, 9.17) is 27.9 Å². The number of sulfonamides is 1. The Bertz CT molecular complexity index is 1480. The molecule has 0 aromatic heterocycles. The molecule has 4 rings (SSSR count). The van der Waals surface area contributed by atoms with Crippen molar-refractivity contribution in [2.24, 2.45) is 0 Å². The maximum Gasteiger partial charge on any atom is 0.410 e. The van der Waals surface area contributed by atoms with Crippen molar-refractivity contribution in [1.29, 1.82) is 0 Å². The molecule has 0 saturated heterocycles. The SMILES string of the molecule is CCOC(=O)N1CCc2cc(NS(=O)(=O)c3ccc(NC(=O)N[C@@H](C)c4cccc(Cl)c4Cl)cc3)ccc2C1. The Labute approximate surface area is 237 Å². The van der Waals surface area contributed by atoms with Gasteiger partial charge in [0.2, 0.25) is 0 Å². The number of ether oxygens (including phenoxy) is 1. The number of anilines is 2. The summed E-state index contributed by atoms with van der Waals surface area (Å²) in [6.45, 7) is 4.75. The molecular formula is C27H28Cl2N4O5S. The van der Waals surface area contributed by atoms with Gasteiger partial charge in [0.05, 0.1) is 27.6 Å². The normalized spacial score (nSPS) is 13.7. The number of carbonyl (C=O) groups is 2. The molecule has 3 aromatic carbocycles. The van der Waals surface area contributed by atoms with E-state index in [-0.39, 0.29) is 11.0 Å². The Hall–Kier alpha value is -3.47. The maximum atomic E-state index is 13.0. The van der Waals surface area contributed by atoms with Gasteiger partial charge in [-0.15, -0.1) is 0 Å². The van der Waals surface area contributed by atoms with Crippen LogP contribution in [0.25, 0.3) is 0 Å². The Morgan fingerprint density at radius 2 is 1.74 bits per heavy atom. The first-order chi connectivity index (χ1) is 18.6. The summed E-state index contributed by atoms with van der Waals surface area (Å²) in [4.78, 5) is 26.1. The predicted octanol–water partition coefficient (Wildman–Crippen LogP) is 6.19. The van der Waals surface area contributed by atoms with Crippen LogP contribution in [-0.2, 0) is 27.7 Å². The van der Waals surface area contributed by atoms with Crippen LogP contribution in [0, 0.1) is 0 Å². The average Bonchev–Trinajstić information content (AvgIpc) is 2.90. The molecule has 1 heterocycles. The quantitative estimate of drug-likeness (QED) is 0.303. The topological polar surface area (TPSA) is 117 Å². The lowest BCUT2D eigenvalue weighted by atomic mass is 9.99. The first-order valence-corrected chi connectivity index (χ1v) is 14.5. The van der Waals surface area contributed by atoms with Crippen molar-refractivity contribution in [2.45, 2.75) is 37.8 Å². The second-order valence-corrected chi connectivity index (χ2v) is 11.4. The van der Waals surface area contributed by atoms with E-state index in [0.717, 1.165) is 11.1 Å². The lowest BCUT2D eigenvalue weighted by molar-refractivity contribution is 0.102. The highest BCUT2D eigenvalue weighted by atomic mass is 35.5. The molecule has 3 amide bonds. The zero-order valence-electron chi connectivity index (χ0n) is 21.3. The van der Waals surface area contributed by atoms with E-state index >= 15 is 0 Å². The number of hydrogen-bond donors (Lipinski definition) is 3. The van der Waals surface area contributed by atoms with Crippen molar-refractivity contribution in [1.82, 2.24) is 10.2 Å². The Morgan fingerprint density at radius 3 is 2.46 bits per heavy atom. The molecule has 0 unspecified atom stereocenters. The number of benzene rings is 3. The first-order valence-electron chi connectivity index (χ1n) is 12.2. The van der Waals surface area contributed by atoms with Crippen LogP contribution in [0.2, 0.25) is 10.0 Å². The highest BCUT2D eigenvalue weighted by Gasteiger charge is 2.23. The third-order valence-electron chi connectivity index (χ3n) is 6.21. The number of carbonyl (C=O) groups excluding carboxylic acids is 2. The standard InChI is InChI=1S/C27H28Cl2N4O5S/c1-3-38-27(35)33-14-13-18-15-21(8-7-19(18)16-33)32-39(36,37)22-11-9-20(10-12-22)31-26(34)30-17(2)23-5-4-6-24(28)25(23)29/h4-12,15,17,32H,3,13-14,16H2,1-2H3,(H2,30,31,34)/t17-/m0/s1.